The maximum atomic E-state index is 13.0. The molecular formula is C23H25N5O2S. The van der Waals surface area contributed by atoms with Crippen molar-refractivity contribution in [3.63, 3.8) is 0 Å². The standard InChI is InChI=1S/C23H25N5O2S/c1-6-11-26-21(30)17-9-7-8-10-19(17)28-22(26)24-25-23(28)31-13-20(29)18-12-15(4)27(14(2)3)16(18)5/h6-10,12,14H,1,11,13H2,2-5H3. The third kappa shape index (κ3) is 3.50. The molecule has 4 rings (SSSR count). The summed E-state index contributed by atoms with van der Waals surface area (Å²) < 4.78 is 5.56. The SMILES string of the molecule is C=CCn1c(=O)c2ccccc2n2c(SCC(=O)c3cc(C)n(C(C)C)c3C)nnc12. The zero-order valence-corrected chi connectivity index (χ0v) is 18.9. The Kier molecular flexibility index (Phi) is 5.58. The Morgan fingerprint density at radius 1 is 1.23 bits per heavy atom. The van der Waals surface area contributed by atoms with Crippen molar-refractivity contribution in [2.24, 2.45) is 0 Å². The number of aromatic nitrogens is 5. The van der Waals surface area contributed by atoms with E-state index in [0.717, 1.165) is 22.5 Å². The van der Waals surface area contributed by atoms with E-state index < -0.39 is 0 Å². The lowest BCUT2D eigenvalue weighted by Gasteiger charge is -2.13. The third-order valence-electron chi connectivity index (χ3n) is 5.42. The molecule has 0 amide bonds. The lowest BCUT2D eigenvalue weighted by molar-refractivity contribution is 0.102. The number of hydrogen-bond donors (Lipinski definition) is 0. The first-order chi connectivity index (χ1) is 14.8. The summed E-state index contributed by atoms with van der Waals surface area (Å²) in [6, 6.07) is 9.61. The molecule has 4 aromatic rings. The Balaban J connectivity index is 1.74. The molecule has 160 valence electrons. The summed E-state index contributed by atoms with van der Waals surface area (Å²) >= 11 is 1.33. The first kappa shape index (κ1) is 21.1. The summed E-state index contributed by atoms with van der Waals surface area (Å²) in [6.07, 6.45) is 1.66. The predicted octanol–water partition coefficient (Wildman–Crippen LogP) is 4.20. The fraction of sp³-hybridized carbons (Fsp3) is 0.304. The first-order valence-corrected chi connectivity index (χ1v) is 11.2. The number of carbonyl (C=O) groups excluding carboxylic acids is 1. The van der Waals surface area contributed by atoms with Crippen LogP contribution in [-0.4, -0.2) is 35.3 Å². The molecule has 0 fully saturated rings. The normalized spacial score (nSPS) is 11.6. The topological polar surface area (TPSA) is 74.2 Å². The number of rotatable bonds is 7. The minimum Gasteiger partial charge on any atom is -0.346 e. The molecule has 3 aromatic heterocycles. The maximum Gasteiger partial charge on any atom is 0.263 e. The molecule has 0 bridgehead atoms. The van der Waals surface area contributed by atoms with Crippen LogP contribution < -0.4 is 5.56 Å². The number of aryl methyl sites for hydroxylation is 1. The number of fused-ring (bicyclic) bond motifs is 3. The Morgan fingerprint density at radius 3 is 2.65 bits per heavy atom. The highest BCUT2D eigenvalue weighted by Gasteiger charge is 2.20. The average Bonchev–Trinajstić information content (AvgIpc) is 3.30. The van der Waals surface area contributed by atoms with E-state index in [2.05, 4.69) is 35.2 Å². The summed E-state index contributed by atoms with van der Waals surface area (Å²) in [5.74, 6) is 0.722. The second kappa shape index (κ2) is 8.19. The number of thioether (sulfide) groups is 1. The van der Waals surface area contributed by atoms with Crippen molar-refractivity contribution in [1.82, 2.24) is 23.7 Å². The van der Waals surface area contributed by atoms with E-state index in [1.807, 2.05) is 42.5 Å². The Labute approximate surface area is 184 Å². The van der Waals surface area contributed by atoms with Gasteiger partial charge in [-0.2, -0.15) is 0 Å². The van der Waals surface area contributed by atoms with Crippen LogP contribution in [0.2, 0.25) is 0 Å². The first-order valence-electron chi connectivity index (χ1n) is 10.2. The van der Waals surface area contributed by atoms with Crippen molar-refractivity contribution >= 4 is 34.2 Å². The molecule has 0 aliphatic heterocycles. The van der Waals surface area contributed by atoms with Crippen molar-refractivity contribution in [3.8, 4) is 0 Å². The molecule has 0 unspecified atom stereocenters. The highest BCUT2D eigenvalue weighted by atomic mass is 32.2. The number of Topliss-reactive ketones (excluding diaryl/α,β-unsaturated/α-hetero) is 1. The van der Waals surface area contributed by atoms with Crippen molar-refractivity contribution in [3.05, 3.63) is 70.3 Å². The van der Waals surface area contributed by atoms with Crippen LogP contribution in [0.5, 0.6) is 0 Å². The maximum absolute atomic E-state index is 13.0. The van der Waals surface area contributed by atoms with E-state index >= 15 is 0 Å². The molecule has 7 nitrogen and oxygen atoms in total. The summed E-state index contributed by atoms with van der Waals surface area (Å²) in [5, 5.41) is 9.70. The van der Waals surface area contributed by atoms with Gasteiger partial charge in [-0.25, -0.2) is 0 Å². The molecule has 0 saturated carbocycles. The molecule has 0 saturated heterocycles. The van der Waals surface area contributed by atoms with Crippen LogP contribution >= 0.6 is 11.8 Å². The van der Waals surface area contributed by atoms with Crippen LogP contribution in [-0.2, 0) is 6.54 Å². The van der Waals surface area contributed by atoms with Gasteiger partial charge in [-0.1, -0.05) is 30.0 Å². The minimum absolute atomic E-state index is 0.0467. The Morgan fingerprint density at radius 2 is 1.97 bits per heavy atom. The van der Waals surface area contributed by atoms with Gasteiger partial charge in [0.15, 0.2) is 10.9 Å². The predicted molar refractivity (Wildman–Crippen MR) is 124 cm³/mol. The molecule has 1 aromatic carbocycles. The number of hydrogen-bond acceptors (Lipinski definition) is 5. The van der Waals surface area contributed by atoms with Gasteiger partial charge in [-0.05, 0) is 45.9 Å². The van der Waals surface area contributed by atoms with Crippen molar-refractivity contribution in [2.45, 2.75) is 45.4 Å². The van der Waals surface area contributed by atoms with E-state index in [9.17, 15) is 9.59 Å². The number of allylic oxidation sites excluding steroid dienone is 1. The van der Waals surface area contributed by atoms with Gasteiger partial charge in [0.1, 0.15) is 0 Å². The van der Waals surface area contributed by atoms with E-state index in [-0.39, 0.29) is 17.1 Å². The Bertz CT molecular complexity index is 1380. The van der Waals surface area contributed by atoms with Crippen LogP contribution in [0.4, 0.5) is 0 Å². The summed E-state index contributed by atoms with van der Waals surface area (Å²) in [6.45, 7) is 12.3. The summed E-state index contributed by atoms with van der Waals surface area (Å²) in [4.78, 5) is 25.9. The molecule has 31 heavy (non-hydrogen) atoms. The molecule has 0 N–H and O–H groups in total. The summed E-state index contributed by atoms with van der Waals surface area (Å²) in [7, 11) is 0. The molecule has 3 heterocycles. The second-order valence-corrected chi connectivity index (χ2v) is 8.74. The average molecular weight is 436 g/mol. The smallest absolute Gasteiger partial charge is 0.263 e. The van der Waals surface area contributed by atoms with Gasteiger partial charge in [-0.15, -0.1) is 16.8 Å². The molecule has 0 radical (unpaired) electrons. The largest absolute Gasteiger partial charge is 0.346 e. The molecule has 8 heteroatoms. The fourth-order valence-electron chi connectivity index (χ4n) is 4.18. The second-order valence-electron chi connectivity index (χ2n) is 7.80. The van der Waals surface area contributed by atoms with Crippen molar-refractivity contribution in [2.75, 3.05) is 5.75 Å². The molecular weight excluding hydrogens is 410 g/mol. The van der Waals surface area contributed by atoms with Gasteiger partial charge in [-0.3, -0.25) is 18.6 Å². The quantitative estimate of drug-likeness (QED) is 0.247. The number of carbonyl (C=O) groups is 1. The Hall–Kier alpha value is -3.13. The highest BCUT2D eigenvalue weighted by molar-refractivity contribution is 7.99. The van der Waals surface area contributed by atoms with Gasteiger partial charge in [0, 0.05) is 29.5 Å². The van der Waals surface area contributed by atoms with Crippen LogP contribution in [0.25, 0.3) is 16.7 Å². The van der Waals surface area contributed by atoms with Crippen LogP contribution in [0.1, 0.15) is 41.6 Å². The fourth-order valence-corrected chi connectivity index (χ4v) is 5.01. The monoisotopic (exact) mass is 435 g/mol. The van der Waals surface area contributed by atoms with Crippen molar-refractivity contribution < 1.29 is 4.79 Å². The minimum atomic E-state index is -0.135. The number of nitrogens with zero attached hydrogens (tertiary/aromatic N) is 5. The number of ketones is 1. The zero-order chi connectivity index (χ0) is 22.3. The van der Waals surface area contributed by atoms with E-state index in [0.29, 0.717) is 28.9 Å². The van der Waals surface area contributed by atoms with Crippen LogP contribution in [0.3, 0.4) is 0 Å². The van der Waals surface area contributed by atoms with Gasteiger partial charge < -0.3 is 4.57 Å². The van der Waals surface area contributed by atoms with Crippen molar-refractivity contribution in [1.29, 1.82) is 0 Å². The summed E-state index contributed by atoms with van der Waals surface area (Å²) in [5.41, 5.74) is 3.38. The number of para-hydroxylation sites is 1. The van der Waals surface area contributed by atoms with E-state index in [4.69, 9.17) is 0 Å². The molecule has 0 spiro atoms. The molecule has 0 aliphatic carbocycles. The molecule has 0 aliphatic rings. The van der Waals surface area contributed by atoms with Gasteiger partial charge in [0.25, 0.3) is 5.56 Å². The van der Waals surface area contributed by atoms with Gasteiger partial charge in [0.2, 0.25) is 5.78 Å². The molecule has 0 atom stereocenters. The van der Waals surface area contributed by atoms with Crippen LogP contribution in [0.15, 0.2) is 52.9 Å². The van der Waals surface area contributed by atoms with E-state index in [1.54, 1.807) is 16.7 Å². The lowest BCUT2D eigenvalue weighted by atomic mass is 10.2. The lowest BCUT2D eigenvalue weighted by Crippen LogP contribution is -2.22. The third-order valence-corrected chi connectivity index (χ3v) is 6.35. The van der Waals surface area contributed by atoms with Gasteiger partial charge >= 0.3 is 0 Å². The van der Waals surface area contributed by atoms with Crippen LogP contribution in [0, 0.1) is 13.8 Å². The highest BCUT2D eigenvalue weighted by Crippen LogP contribution is 2.25. The number of benzene rings is 1. The van der Waals surface area contributed by atoms with E-state index in [1.165, 1.54) is 11.8 Å². The zero-order valence-electron chi connectivity index (χ0n) is 18.1. The van der Waals surface area contributed by atoms with Gasteiger partial charge in [0.05, 0.1) is 16.7 Å².